The van der Waals surface area contributed by atoms with Crippen LogP contribution in [0.15, 0.2) is 35.3 Å². The number of benzene rings is 3. The molecule has 0 saturated heterocycles. The molecule has 0 N–H and O–H groups in total. The molecule has 0 aliphatic carbocycles. The maximum absolute atomic E-state index is 5.73. The molecule has 158 valence electrons. The fourth-order valence-corrected chi connectivity index (χ4v) is 3.68. The monoisotopic (exact) mass is 409 g/mol. The number of ether oxygens (including phenoxy) is 5. The Hall–Kier alpha value is -3.41. The number of rotatable bonds is 7. The lowest BCUT2D eigenvalue weighted by Crippen LogP contribution is -1.99. The van der Waals surface area contributed by atoms with Gasteiger partial charge in [-0.15, -0.1) is 0 Å². The maximum atomic E-state index is 5.73. The van der Waals surface area contributed by atoms with Crippen LogP contribution >= 0.6 is 0 Å². The van der Waals surface area contributed by atoms with E-state index in [0.29, 0.717) is 23.0 Å². The summed E-state index contributed by atoms with van der Waals surface area (Å²) in [6.45, 7) is 2.08. The second kappa shape index (κ2) is 8.95. The molecular formula is C24H27NO5. The van der Waals surface area contributed by atoms with Crippen molar-refractivity contribution < 1.29 is 23.7 Å². The van der Waals surface area contributed by atoms with E-state index in [1.165, 1.54) is 0 Å². The molecule has 0 fully saturated rings. The summed E-state index contributed by atoms with van der Waals surface area (Å²) in [7, 11) is 9.90. The highest BCUT2D eigenvalue weighted by Gasteiger charge is 2.19. The predicted octanol–water partition coefficient (Wildman–Crippen LogP) is 4.91. The van der Waals surface area contributed by atoms with Crippen molar-refractivity contribution in [3.63, 3.8) is 0 Å². The van der Waals surface area contributed by atoms with Gasteiger partial charge in [0.2, 0.25) is 0 Å². The second-order valence-corrected chi connectivity index (χ2v) is 6.69. The Morgan fingerprint density at radius 2 is 1.07 bits per heavy atom. The summed E-state index contributed by atoms with van der Waals surface area (Å²) >= 11 is 0. The molecule has 6 heteroatoms. The van der Waals surface area contributed by atoms with E-state index in [9.17, 15) is 0 Å². The Morgan fingerprint density at radius 3 is 1.60 bits per heavy atom. The zero-order valence-corrected chi connectivity index (χ0v) is 18.5. The topological polar surface area (TPSA) is 58.5 Å². The maximum Gasteiger partial charge on any atom is 0.161 e. The largest absolute Gasteiger partial charge is 0.496 e. The lowest BCUT2D eigenvalue weighted by atomic mass is 9.91. The van der Waals surface area contributed by atoms with Crippen molar-refractivity contribution >= 4 is 17.0 Å². The van der Waals surface area contributed by atoms with Gasteiger partial charge in [0.25, 0.3) is 0 Å². The molecule has 0 atom stereocenters. The number of nitrogens with zero attached hydrogens (tertiary/aromatic N) is 1. The van der Waals surface area contributed by atoms with Crippen LogP contribution in [0, 0.1) is 6.92 Å². The highest BCUT2D eigenvalue weighted by atomic mass is 16.5. The van der Waals surface area contributed by atoms with Gasteiger partial charge >= 0.3 is 0 Å². The van der Waals surface area contributed by atoms with Gasteiger partial charge in [-0.3, -0.25) is 4.99 Å². The number of fused-ring (bicyclic) bond motifs is 1. The number of hydrogen-bond acceptors (Lipinski definition) is 6. The van der Waals surface area contributed by atoms with Crippen molar-refractivity contribution in [2.75, 3.05) is 42.6 Å². The van der Waals surface area contributed by atoms with Gasteiger partial charge in [-0.1, -0.05) is 0 Å². The first kappa shape index (κ1) is 21.3. The van der Waals surface area contributed by atoms with Gasteiger partial charge in [0.1, 0.15) is 5.75 Å². The van der Waals surface area contributed by atoms with E-state index in [1.807, 2.05) is 36.5 Å². The molecule has 0 unspecified atom stereocenters. The Kier molecular flexibility index (Phi) is 6.35. The van der Waals surface area contributed by atoms with E-state index < -0.39 is 0 Å². The van der Waals surface area contributed by atoms with Crippen LogP contribution in [0.2, 0.25) is 0 Å². The number of methoxy groups -OCH3 is 5. The average Bonchev–Trinajstić information content (AvgIpc) is 2.78. The Morgan fingerprint density at radius 1 is 0.600 bits per heavy atom. The molecule has 3 aromatic rings. The van der Waals surface area contributed by atoms with E-state index in [0.717, 1.165) is 38.8 Å². The van der Waals surface area contributed by atoms with Gasteiger partial charge in [0.05, 0.1) is 35.5 Å². The summed E-state index contributed by atoms with van der Waals surface area (Å²) in [5.41, 5.74) is 3.96. The van der Waals surface area contributed by atoms with Crippen LogP contribution in [0.5, 0.6) is 28.7 Å². The summed E-state index contributed by atoms with van der Waals surface area (Å²) in [5, 5.41) is 1.96. The number of hydrogen-bond donors (Lipinski definition) is 0. The van der Waals surface area contributed by atoms with Crippen LogP contribution in [0.4, 0.5) is 0 Å². The molecule has 0 aliphatic rings. The Balaban J connectivity index is 2.40. The zero-order valence-electron chi connectivity index (χ0n) is 18.5. The van der Waals surface area contributed by atoms with Crippen molar-refractivity contribution in [2.24, 2.45) is 4.99 Å². The molecule has 6 nitrogen and oxygen atoms in total. The highest BCUT2D eigenvalue weighted by Crippen LogP contribution is 2.44. The number of aryl methyl sites for hydroxylation is 1. The van der Waals surface area contributed by atoms with Crippen LogP contribution in [0.3, 0.4) is 0 Å². The van der Waals surface area contributed by atoms with Crippen molar-refractivity contribution in [2.45, 2.75) is 6.92 Å². The molecule has 0 heterocycles. The third-order valence-corrected chi connectivity index (χ3v) is 5.21. The van der Waals surface area contributed by atoms with Crippen LogP contribution in [-0.2, 0) is 0 Å². The molecule has 3 aromatic carbocycles. The van der Waals surface area contributed by atoms with Crippen LogP contribution < -0.4 is 23.7 Å². The van der Waals surface area contributed by atoms with Gasteiger partial charge in [0, 0.05) is 24.2 Å². The third kappa shape index (κ3) is 3.61. The highest BCUT2D eigenvalue weighted by molar-refractivity contribution is 6.01. The van der Waals surface area contributed by atoms with Crippen molar-refractivity contribution in [1.82, 2.24) is 0 Å². The zero-order chi connectivity index (χ0) is 21.8. The van der Waals surface area contributed by atoms with Gasteiger partial charge < -0.3 is 23.7 Å². The average molecular weight is 409 g/mol. The molecule has 0 spiro atoms. The van der Waals surface area contributed by atoms with Gasteiger partial charge in [-0.25, -0.2) is 0 Å². The van der Waals surface area contributed by atoms with Crippen molar-refractivity contribution in [3.8, 4) is 39.9 Å². The fraction of sp³-hybridized carbons (Fsp3) is 0.292. The molecule has 3 rings (SSSR count). The first-order chi connectivity index (χ1) is 14.5. The van der Waals surface area contributed by atoms with E-state index in [2.05, 4.69) is 11.9 Å². The summed E-state index contributed by atoms with van der Waals surface area (Å²) in [6.07, 6.45) is 1.81. The standard InChI is InChI=1S/C24H27NO5/c1-14-16(18-11-23(29-6)21(27-4)8-15(18)13-25-2)9-20(26-3)19-12-24(30-7)22(28-5)10-17(14)19/h8-13H,1-7H3/b25-13+. The smallest absolute Gasteiger partial charge is 0.161 e. The summed E-state index contributed by atoms with van der Waals surface area (Å²) in [6, 6.07) is 9.82. The molecule has 0 amide bonds. The molecular weight excluding hydrogens is 382 g/mol. The van der Waals surface area contributed by atoms with E-state index >= 15 is 0 Å². The predicted molar refractivity (Wildman–Crippen MR) is 120 cm³/mol. The summed E-state index contributed by atoms with van der Waals surface area (Å²) in [4.78, 5) is 4.22. The van der Waals surface area contributed by atoms with Crippen LogP contribution in [0.1, 0.15) is 11.1 Å². The minimum absolute atomic E-state index is 0.645. The minimum atomic E-state index is 0.645. The summed E-state index contributed by atoms with van der Waals surface area (Å²) < 4.78 is 27.8. The first-order valence-electron chi connectivity index (χ1n) is 9.44. The minimum Gasteiger partial charge on any atom is -0.496 e. The van der Waals surface area contributed by atoms with Gasteiger partial charge in [-0.2, -0.15) is 0 Å². The Labute approximate surface area is 177 Å². The fourth-order valence-electron chi connectivity index (χ4n) is 3.68. The number of aliphatic imine (C=N–C) groups is 1. The lowest BCUT2D eigenvalue weighted by Gasteiger charge is -2.19. The van der Waals surface area contributed by atoms with Crippen LogP contribution in [-0.4, -0.2) is 48.8 Å². The van der Waals surface area contributed by atoms with Crippen molar-refractivity contribution in [3.05, 3.63) is 41.5 Å². The van der Waals surface area contributed by atoms with E-state index in [-0.39, 0.29) is 0 Å². The second-order valence-electron chi connectivity index (χ2n) is 6.69. The first-order valence-corrected chi connectivity index (χ1v) is 9.44. The summed E-state index contributed by atoms with van der Waals surface area (Å²) in [5.74, 6) is 3.34. The Bertz CT molecular complexity index is 1100. The molecule has 0 saturated carbocycles. The van der Waals surface area contributed by atoms with Crippen molar-refractivity contribution in [1.29, 1.82) is 0 Å². The third-order valence-electron chi connectivity index (χ3n) is 5.21. The SMILES string of the molecule is C/N=C/c1cc(OC)c(OC)cc1-c1cc(OC)c2cc(OC)c(OC)cc2c1C. The van der Waals surface area contributed by atoms with Gasteiger partial charge in [0.15, 0.2) is 23.0 Å². The molecule has 30 heavy (non-hydrogen) atoms. The molecule has 0 radical (unpaired) electrons. The lowest BCUT2D eigenvalue weighted by molar-refractivity contribution is 0.355. The quantitative estimate of drug-likeness (QED) is 0.519. The van der Waals surface area contributed by atoms with E-state index in [4.69, 9.17) is 23.7 Å². The molecule has 0 bridgehead atoms. The van der Waals surface area contributed by atoms with Crippen LogP contribution in [0.25, 0.3) is 21.9 Å². The van der Waals surface area contributed by atoms with E-state index in [1.54, 1.807) is 42.6 Å². The molecule has 0 aliphatic heterocycles. The molecule has 0 aromatic heterocycles. The normalized spacial score (nSPS) is 11.0. The van der Waals surface area contributed by atoms with Gasteiger partial charge in [-0.05, 0) is 59.3 Å².